The molecule has 1 amide bonds. The molecular weight excluding hydrogens is 282 g/mol. The molecule has 0 aliphatic heterocycles. The quantitative estimate of drug-likeness (QED) is 0.451. The Hall–Kier alpha value is -2.17. The van der Waals surface area contributed by atoms with Crippen LogP contribution in [0.4, 0.5) is 0 Å². The van der Waals surface area contributed by atoms with Crippen LogP contribution in [-0.4, -0.2) is 31.3 Å². The van der Waals surface area contributed by atoms with E-state index in [1.807, 2.05) is 44.2 Å². The van der Waals surface area contributed by atoms with E-state index in [2.05, 4.69) is 5.32 Å². The maximum atomic E-state index is 12.2. The first-order valence-electron chi connectivity index (χ1n) is 7.35. The molecule has 2 atom stereocenters. The molecule has 5 heteroatoms. The SMILES string of the molecule is COC(=O)[C@H](Cc1ccccc1)NC(=O)[C@@H](C=O)CC(C)C. The van der Waals surface area contributed by atoms with Crippen LogP contribution in [0.25, 0.3) is 0 Å². The Labute approximate surface area is 131 Å². The van der Waals surface area contributed by atoms with E-state index in [0.717, 1.165) is 5.56 Å². The molecule has 120 valence electrons. The van der Waals surface area contributed by atoms with Crippen LogP contribution in [0.1, 0.15) is 25.8 Å². The van der Waals surface area contributed by atoms with Crippen molar-refractivity contribution in [3.63, 3.8) is 0 Å². The van der Waals surface area contributed by atoms with E-state index in [9.17, 15) is 14.4 Å². The predicted octanol–water partition coefficient (Wildman–Crippen LogP) is 1.75. The Morgan fingerprint density at radius 1 is 1.23 bits per heavy atom. The number of carbonyl (C=O) groups is 3. The number of aldehydes is 1. The van der Waals surface area contributed by atoms with Crippen molar-refractivity contribution in [3.8, 4) is 0 Å². The lowest BCUT2D eigenvalue weighted by Crippen LogP contribution is -2.46. The minimum Gasteiger partial charge on any atom is -0.467 e. The molecule has 0 aliphatic carbocycles. The monoisotopic (exact) mass is 305 g/mol. The number of carbonyl (C=O) groups excluding carboxylic acids is 3. The lowest BCUT2D eigenvalue weighted by Gasteiger charge is -2.19. The van der Waals surface area contributed by atoms with E-state index < -0.39 is 23.8 Å². The van der Waals surface area contributed by atoms with Crippen molar-refractivity contribution < 1.29 is 19.1 Å². The standard InChI is InChI=1S/C17H23NO4/c1-12(2)9-14(11-19)16(20)18-15(17(21)22-3)10-13-7-5-4-6-8-13/h4-8,11-12,14-15H,9-10H2,1-3H3,(H,18,20)/t14-,15+/m1/s1. The number of hydrogen-bond donors (Lipinski definition) is 1. The van der Waals surface area contributed by atoms with Crippen LogP contribution >= 0.6 is 0 Å². The molecule has 0 saturated heterocycles. The maximum absolute atomic E-state index is 12.2. The van der Waals surface area contributed by atoms with Gasteiger partial charge in [-0.15, -0.1) is 0 Å². The molecule has 22 heavy (non-hydrogen) atoms. The molecule has 1 aromatic carbocycles. The van der Waals surface area contributed by atoms with Crippen molar-refractivity contribution in [2.75, 3.05) is 7.11 Å². The average Bonchev–Trinajstić information content (AvgIpc) is 2.51. The third kappa shape index (κ3) is 5.68. The largest absolute Gasteiger partial charge is 0.467 e. The highest BCUT2D eigenvalue weighted by Crippen LogP contribution is 2.11. The van der Waals surface area contributed by atoms with E-state index >= 15 is 0 Å². The van der Waals surface area contributed by atoms with Gasteiger partial charge < -0.3 is 14.8 Å². The van der Waals surface area contributed by atoms with Crippen LogP contribution in [0, 0.1) is 11.8 Å². The van der Waals surface area contributed by atoms with Crippen LogP contribution in [0.3, 0.4) is 0 Å². The van der Waals surface area contributed by atoms with Crippen molar-refractivity contribution in [1.29, 1.82) is 0 Å². The smallest absolute Gasteiger partial charge is 0.328 e. The fraction of sp³-hybridized carbons (Fsp3) is 0.471. The van der Waals surface area contributed by atoms with Gasteiger partial charge in [0, 0.05) is 6.42 Å². The van der Waals surface area contributed by atoms with E-state index in [0.29, 0.717) is 19.1 Å². The zero-order valence-electron chi connectivity index (χ0n) is 13.2. The number of nitrogens with one attached hydrogen (secondary N) is 1. The minimum absolute atomic E-state index is 0.214. The van der Waals surface area contributed by atoms with Crippen LogP contribution in [0.15, 0.2) is 30.3 Å². The van der Waals surface area contributed by atoms with Crippen molar-refractivity contribution >= 4 is 18.2 Å². The maximum Gasteiger partial charge on any atom is 0.328 e. The third-order valence-electron chi connectivity index (χ3n) is 3.31. The normalized spacial score (nSPS) is 13.3. The summed E-state index contributed by atoms with van der Waals surface area (Å²) in [5.41, 5.74) is 0.907. The first kappa shape index (κ1) is 17.9. The number of methoxy groups -OCH3 is 1. The molecule has 1 N–H and O–H groups in total. The number of rotatable bonds is 8. The van der Waals surface area contributed by atoms with Gasteiger partial charge in [0.1, 0.15) is 12.3 Å². The number of benzene rings is 1. The summed E-state index contributed by atoms with van der Waals surface area (Å²) in [6, 6.07) is 8.53. The number of ether oxygens (including phenoxy) is 1. The van der Waals surface area contributed by atoms with E-state index in [1.165, 1.54) is 7.11 Å². The second-order valence-corrected chi connectivity index (χ2v) is 5.65. The molecule has 0 fully saturated rings. The van der Waals surface area contributed by atoms with Crippen LogP contribution in [-0.2, 0) is 25.5 Å². The molecule has 0 aromatic heterocycles. The molecule has 0 bridgehead atoms. The Morgan fingerprint density at radius 2 is 1.86 bits per heavy atom. The molecule has 0 unspecified atom stereocenters. The van der Waals surface area contributed by atoms with Gasteiger partial charge >= 0.3 is 5.97 Å². The molecule has 0 heterocycles. The van der Waals surface area contributed by atoms with Crippen LogP contribution < -0.4 is 5.32 Å². The summed E-state index contributed by atoms with van der Waals surface area (Å²) in [5.74, 6) is -1.49. The van der Waals surface area contributed by atoms with E-state index in [1.54, 1.807) is 0 Å². The van der Waals surface area contributed by atoms with Crippen molar-refractivity contribution in [2.45, 2.75) is 32.7 Å². The van der Waals surface area contributed by atoms with Gasteiger partial charge in [-0.3, -0.25) is 4.79 Å². The molecule has 1 aromatic rings. The summed E-state index contributed by atoms with van der Waals surface area (Å²) in [7, 11) is 1.28. The molecule has 0 spiro atoms. The Kier molecular flexibility index (Phi) is 7.29. The highest BCUT2D eigenvalue weighted by molar-refractivity contribution is 5.94. The second-order valence-electron chi connectivity index (χ2n) is 5.65. The highest BCUT2D eigenvalue weighted by Gasteiger charge is 2.26. The zero-order chi connectivity index (χ0) is 16.5. The molecule has 5 nitrogen and oxygen atoms in total. The Bertz CT molecular complexity index is 499. The number of amides is 1. The summed E-state index contributed by atoms with van der Waals surface area (Å²) >= 11 is 0. The lowest BCUT2D eigenvalue weighted by molar-refractivity contribution is -0.146. The lowest BCUT2D eigenvalue weighted by atomic mass is 9.97. The van der Waals surface area contributed by atoms with Crippen molar-refractivity contribution in [1.82, 2.24) is 5.32 Å². The molecule has 1 rings (SSSR count). The summed E-state index contributed by atoms with van der Waals surface area (Å²) in [5, 5.41) is 2.63. The first-order chi connectivity index (χ1) is 10.5. The van der Waals surface area contributed by atoms with Gasteiger partial charge in [0.15, 0.2) is 0 Å². The van der Waals surface area contributed by atoms with Gasteiger partial charge in [-0.2, -0.15) is 0 Å². The Balaban J connectivity index is 2.78. The fourth-order valence-corrected chi connectivity index (χ4v) is 2.20. The van der Waals surface area contributed by atoms with Gasteiger partial charge in [-0.25, -0.2) is 4.79 Å². The summed E-state index contributed by atoms with van der Waals surface area (Å²) in [6.07, 6.45) is 1.41. The number of esters is 1. The van der Waals surface area contributed by atoms with Gasteiger partial charge in [-0.1, -0.05) is 44.2 Å². The van der Waals surface area contributed by atoms with E-state index in [-0.39, 0.29) is 5.92 Å². The molecule has 0 aliphatic rings. The molecule has 0 radical (unpaired) electrons. The van der Waals surface area contributed by atoms with Gasteiger partial charge in [0.25, 0.3) is 0 Å². The van der Waals surface area contributed by atoms with Crippen LogP contribution in [0.5, 0.6) is 0 Å². The number of hydrogen-bond acceptors (Lipinski definition) is 4. The predicted molar refractivity (Wildman–Crippen MR) is 83.1 cm³/mol. The fourth-order valence-electron chi connectivity index (χ4n) is 2.20. The van der Waals surface area contributed by atoms with Gasteiger partial charge in [-0.05, 0) is 17.9 Å². The topological polar surface area (TPSA) is 72.5 Å². The zero-order valence-corrected chi connectivity index (χ0v) is 13.2. The molecular formula is C17H23NO4. The van der Waals surface area contributed by atoms with E-state index in [4.69, 9.17) is 4.74 Å². The first-order valence-corrected chi connectivity index (χ1v) is 7.35. The van der Waals surface area contributed by atoms with Gasteiger partial charge in [0.05, 0.1) is 13.0 Å². The summed E-state index contributed by atoms with van der Waals surface area (Å²) < 4.78 is 4.74. The molecule has 0 saturated carbocycles. The van der Waals surface area contributed by atoms with Crippen molar-refractivity contribution in [2.24, 2.45) is 11.8 Å². The van der Waals surface area contributed by atoms with Crippen molar-refractivity contribution in [3.05, 3.63) is 35.9 Å². The second kappa shape index (κ2) is 8.97. The minimum atomic E-state index is -0.797. The van der Waals surface area contributed by atoms with Gasteiger partial charge in [0.2, 0.25) is 5.91 Å². The average molecular weight is 305 g/mol. The highest BCUT2D eigenvalue weighted by atomic mass is 16.5. The summed E-state index contributed by atoms with van der Waals surface area (Å²) in [6.45, 7) is 3.87. The third-order valence-corrected chi connectivity index (χ3v) is 3.31. The summed E-state index contributed by atoms with van der Waals surface area (Å²) in [4.78, 5) is 35.1. The Morgan fingerprint density at radius 3 is 2.36 bits per heavy atom. The van der Waals surface area contributed by atoms with Crippen LogP contribution in [0.2, 0.25) is 0 Å².